The van der Waals surface area contributed by atoms with Gasteiger partial charge < -0.3 is 15.2 Å². The van der Waals surface area contributed by atoms with Crippen molar-refractivity contribution in [2.45, 2.75) is 19.9 Å². The summed E-state index contributed by atoms with van der Waals surface area (Å²) in [7, 11) is 0. The molecule has 4 rings (SSSR count). The van der Waals surface area contributed by atoms with E-state index >= 15 is 0 Å². The number of nitrogens with one attached hydrogen (secondary N) is 2. The predicted octanol–water partition coefficient (Wildman–Crippen LogP) is 4.03. The highest BCUT2D eigenvalue weighted by atomic mass is 15.3. The Bertz CT molecular complexity index is 1030. The fourth-order valence-electron chi connectivity index (χ4n) is 3.30. The van der Waals surface area contributed by atoms with Crippen molar-refractivity contribution in [2.75, 3.05) is 23.3 Å². The molecule has 0 saturated carbocycles. The number of rotatable bonds is 8. The van der Waals surface area contributed by atoms with Gasteiger partial charge in [0.05, 0.1) is 6.20 Å². The molecule has 0 bridgehead atoms. The summed E-state index contributed by atoms with van der Waals surface area (Å²) in [6.45, 7) is 4.46. The summed E-state index contributed by atoms with van der Waals surface area (Å²) < 4.78 is 0. The minimum Gasteiger partial charge on any atom is -0.368 e. The lowest BCUT2D eigenvalue weighted by Gasteiger charge is -2.20. The van der Waals surface area contributed by atoms with E-state index in [1.54, 1.807) is 6.20 Å². The summed E-state index contributed by atoms with van der Waals surface area (Å²) in [5, 5.41) is 13.0. The first-order chi connectivity index (χ1) is 13.8. The molecule has 0 aliphatic heterocycles. The molecule has 0 aliphatic carbocycles. The van der Waals surface area contributed by atoms with Gasteiger partial charge in [0.1, 0.15) is 0 Å². The molecule has 0 fully saturated rings. The predicted molar refractivity (Wildman–Crippen MR) is 113 cm³/mol. The molecule has 2 N–H and O–H groups in total. The molecule has 6 nitrogen and oxygen atoms in total. The summed E-state index contributed by atoms with van der Waals surface area (Å²) in [6, 6.07) is 18.7. The van der Waals surface area contributed by atoms with E-state index in [9.17, 15) is 0 Å². The highest BCUT2D eigenvalue weighted by molar-refractivity contribution is 5.83. The van der Waals surface area contributed by atoms with Crippen molar-refractivity contribution in [3.8, 4) is 0 Å². The second-order valence-corrected chi connectivity index (χ2v) is 6.68. The molecule has 0 atom stereocenters. The van der Waals surface area contributed by atoms with E-state index in [0.29, 0.717) is 5.95 Å². The molecule has 2 heterocycles. The van der Waals surface area contributed by atoms with Gasteiger partial charge in [-0.3, -0.25) is 0 Å². The molecule has 28 heavy (non-hydrogen) atoms. The van der Waals surface area contributed by atoms with E-state index < -0.39 is 0 Å². The van der Waals surface area contributed by atoms with Crippen LogP contribution in [0, 0.1) is 0 Å². The molecule has 0 amide bonds. The molecule has 0 aliphatic rings. The number of benzene rings is 2. The summed E-state index contributed by atoms with van der Waals surface area (Å²) in [5.74, 6) is 1.39. The van der Waals surface area contributed by atoms with Crippen LogP contribution < -0.4 is 10.2 Å². The highest BCUT2D eigenvalue weighted by Crippen LogP contribution is 2.18. The van der Waals surface area contributed by atoms with Gasteiger partial charge in [-0.15, -0.1) is 5.10 Å². The Hall–Kier alpha value is -3.41. The Morgan fingerprint density at radius 1 is 1.04 bits per heavy atom. The van der Waals surface area contributed by atoms with Crippen molar-refractivity contribution >= 4 is 22.7 Å². The van der Waals surface area contributed by atoms with Gasteiger partial charge in [-0.1, -0.05) is 48.5 Å². The molecule has 6 heteroatoms. The first-order valence-electron chi connectivity index (χ1n) is 9.61. The van der Waals surface area contributed by atoms with Crippen LogP contribution in [0.3, 0.4) is 0 Å². The van der Waals surface area contributed by atoms with Gasteiger partial charge in [-0.05, 0) is 30.5 Å². The van der Waals surface area contributed by atoms with Crippen LogP contribution in [0.5, 0.6) is 0 Å². The van der Waals surface area contributed by atoms with Gasteiger partial charge in [0.2, 0.25) is 5.95 Å². The zero-order valence-corrected chi connectivity index (χ0v) is 16.0. The van der Waals surface area contributed by atoms with Gasteiger partial charge in [0.25, 0.3) is 0 Å². The number of aromatic nitrogens is 4. The summed E-state index contributed by atoms with van der Waals surface area (Å²) in [5.41, 5.74) is 3.69. The van der Waals surface area contributed by atoms with Gasteiger partial charge in [-0.2, -0.15) is 10.1 Å². The Balaban J connectivity index is 1.40. The fourth-order valence-corrected chi connectivity index (χ4v) is 3.30. The van der Waals surface area contributed by atoms with Crippen LogP contribution in [0.2, 0.25) is 0 Å². The molecular weight excluding hydrogens is 348 g/mol. The van der Waals surface area contributed by atoms with Gasteiger partial charge in [0, 0.05) is 36.7 Å². The maximum absolute atomic E-state index is 4.65. The topological polar surface area (TPSA) is 69.7 Å². The van der Waals surface area contributed by atoms with Crippen molar-refractivity contribution in [3.05, 3.63) is 78.1 Å². The van der Waals surface area contributed by atoms with Gasteiger partial charge >= 0.3 is 0 Å². The first kappa shape index (κ1) is 18.0. The highest BCUT2D eigenvalue weighted by Gasteiger charge is 2.10. The van der Waals surface area contributed by atoms with E-state index in [-0.39, 0.29) is 0 Å². The Morgan fingerprint density at radius 3 is 2.71 bits per heavy atom. The van der Waals surface area contributed by atoms with E-state index in [2.05, 4.69) is 73.8 Å². The number of hydrogen-bond donors (Lipinski definition) is 2. The Labute approximate surface area is 164 Å². The monoisotopic (exact) mass is 372 g/mol. The second kappa shape index (κ2) is 8.52. The average Bonchev–Trinajstić information content (AvgIpc) is 3.16. The average molecular weight is 372 g/mol. The van der Waals surface area contributed by atoms with Crippen molar-refractivity contribution in [1.29, 1.82) is 0 Å². The molecule has 2 aromatic heterocycles. The largest absolute Gasteiger partial charge is 0.368 e. The summed E-state index contributed by atoms with van der Waals surface area (Å²) >= 11 is 0. The van der Waals surface area contributed by atoms with Gasteiger partial charge in [-0.25, -0.2) is 0 Å². The standard InChI is InChI=1S/C22H24N6/c1-2-28(16-17-8-4-3-5-9-17)22-26-21(15-25-27-22)23-13-12-18-14-24-20-11-7-6-10-19(18)20/h3-11,14-15,24H,2,12-13,16H2,1H3,(H,23,26,27). The van der Waals surface area contributed by atoms with Crippen molar-refractivity contribution in [1.82, 2.24) is 20.2 Å². The number of anilines is 2. The Morgan fingerprint density at radius 2 is 1.86 bits per heavy atom. The number of hydrogen-bond acceptors (Lipinski definition) is 5. The lowest BCUT2D eigenvalue weighted by molar-refractivity contribution is 0.769. The molecule has 4 aromatic rings. The zero-order chi connectivity index (χ0) is 19.2. The second-order valence-electron chi connectivity index (χ2n) is 6.68. The first-order valence-corrected chi connectivity index (χ1v) is 9.61. The van der Waals surface area contributed by atoms with Crippen molar-refractivity contribution in [2.24, 2.45) is 0 Å². The third kappa shape index (κ3) is 4.11. The number of nitrogens with zero attached hydrogens (tertiary/aromatic N) is 4. The third-order valence-electron chi connectivity index (χ3n) is 4.80. The van der Waals surface area contributed by atoms with Crippen LogP contribution in [0.4, 0.5) is 11.8 Å². The number of fused-ring (bicyclic) bond motifs is 1. The molecule has 0 saturated heterocycles. The normalized spacial score (nSPS) is 10.9. The number of aromatic amines is 1. The van der Waals surface area contributed by atoms with Gasteiger partial charge in [0.15, 0.2) is 5.82 Å². The van der Waals surface area contributed by atoms with Crippen LogP contribution in [0.1, 0.15) is 18.1 Å². The van der Waals surface area contributed by atoms with Crippen LogP contribution in [0.25, 0.3) is 10.9 Å². The van der Waals surface area contributed by atoms with E-state index in [1.165, 1.54) is 22.0 Å². The maximum Gasteiger partial charge on any atom is 0.247 e. The van der Waals surface area contributed by atoms with E-state index in [1.807, 2.05) is 24.3 Å². The summed E-state index contributed by atoms with van der Waals surface area (Å²) in [6.07, 6.45) is 4.66. The molecular formula is C22H24N6. The van der Waals surface area contributed by atoms with Crippen molar-refractivity contribution in [3.63, 3.8) is 0 Å². The molecule has 0 spiro atoms. The summed E-state index contributed by atoms with van der Waals surface area (Å²) in [4.78, 5) is 10.1. The lowest BCUT2D eigenvalue weighted by atomic mass is 10.1. The zero-order valence-electron chi connectivity index (χ0n) is 16.0. The van der Waals surface area contributed by atoms with Crippen LogP contribution >= 0.6 is 0 Å². The molecule has 142 valence electrons. The van der Waals surface area contributed by atoms with Crippen molar-refractivity contribution < 1.29 is 0 Å². The SMILES string of the molecule is CCN(Cc1ccccc1)c1nncc(NCCc2c[nH]c3ccccc23)n1. The molecule has 0 radical (unpaired) electrons. The van der Waals surface area contributed by atoms with Crippen LogP contribution in [0.15, 0.2) is 67.0 Å². The smallest absolute Gasteiger partial charge is 0.247 e. The molecule has 2 aromatic carbocycles. The Kier molecular flexibility index (Phi) is 5.47. The quantitative estimate of drug-likeness (QED) is 0.489. The molecule has 0 unspecified atom stereocenters. The van der Waals surface area contributed by atoms with E-state index in [4.69, 9.17) is 0 Å². The maximum atomic E-state index is 4.65. The fraction of sp³-hybridized carbons (Fsp3) is 0.227. The van der Waals surface area contributed by atoms with E-state index in [0.717, 1.165) is 31.9 Å². The number of para-hydroxylation sites is 1. The van der Waals surface area contributed by atoms with Crippen LogP contribution in [-0.4, -0.2) is 33.3 Å². The number of H-pyrrole nitrogens is 1. The van der Waals surface area contributed by atoms with Crippen LogP contribution in [-0.2, 0) is 13.0 Å². The minimum absolute atomic E-state index is 0.642. The minimum atomic E-state index is 0.642. The lowest BCUT2D eigenvalue weighted by Crippen LogP contribution is -2.25. The third-order valence-corrected chi connectivity index (χ3v) is 4.80.